The van der Waals surface area contributed by atoms with Gasteiger partial charge in [-0.05, 0) is 12.1 Å². The number of benzene rings is 1. The molecule has 0 unspecified atom stereocenters. The van der Waals surface area contributed by atoms with Gasteiger partial charge in [0.15, 0.2) is 0 Å². The highest BCUT2D eigenvalue weighted by atomic mass is 32.2. The van der Waals surface area contributed by atoms with Crippen molar-refractivity contribution >= 4 is 23.4 Å². The van der Waals surface area contributed by atoms with Gasteiger partial charge in [-0.25, -0.2) is 4.79 Å². The van der Waals surface area contributed by atoms with Crippen molar-refractivity contribution < 1.29 is 9.90 Å². The maximum Gasteiger partial charge on any atom is 0.354 e. The first-order valence-corrected chi connectivity index (χ1v) is 5.46. The Morgan fingerprint density at radius 1 is 1.40 bits per heavy atom. The van der Waals surface area contributed by atoms with Gasteiger partial charge in [0.2, 0.25) is 0 Å². The van der Waals surface area contributed by atoms with Crippen LogP contribution in [0.2, 0.25) is 0 Å². The van der Waals surface area contributed by atoms with Crippen molar-refractivity contribution in [2.45, 2.75) is 0 Å². The van der Waals surface area contributed by atoms with Crippen LogP contribution in [0.25, 0.3) is 0 Å². The van der Waals surface area contributed by atoms with Crippen LogP contribution in [0, 0.1) is 0 Å². The van der Waals surface area contributed by atoms with Gasteiger partial charge in [-0.3, -0.25) is 10.4 Å². The van der Waals surface area contributed by atoms with Crippen LogP contribution in [-0.4, -0.2) is 22.0 Å². The van der Waals surface area contributed by atoms with Crippen molar-refractivity contribution in [2.24, 2.45) is 0 Å². The Morgan fingerprint density at radius 3 is 2.80 bits per heavy atom. The van der Waals surface area contributed by atoms with Gasteiger partial charge in [0.05, 0.1) is 11.6 Å². The molecule has 1 aliphatic rings. The van der Waals surface area contributed by atoms with Gasteiger partial charge < -0.3 is 5.11 Å². The van der Waals surface area contributed by atoms with Crippen molar-refractivity contribution in [3.05, 3.63) is 41.4 Å². The first kappa shape index (κ1) is 9.92. The number of aliphatic carboxylic acids is 1. The summed E-state index contributed by atoms with van der Waals surface area (Å²) in [5, 5.41) is 12.1. The van der Waals surface area contributed by atoms with Crippen LogP contribution in [0.1, 0.15) is 0 Å². The van der Waals surface area contributed by atoms with Gasteiger partial charge in [0, 0.05) is 5.41 Å². The van der Waals surface area contributed by atoms with Gasteiger partial charge in [-0.15, -0.1) is 11.8 Å². The summed E-state index contributed by atoms with van der Waals surface area (Å²) in [6.45, 7) is 0. The molecular weight excluding hydrogens is 212 g/mol. The lowest BCUT2D eigenvalue weighted by Crippen LogP contribution is -2.29. The van der Waals surface area contributed by atoms with E-state index in [4.69, 9.17) is 5.11 Å². The number of hydrogen-bond donors (Lipinski definition) is 2. The minimum absolute atomic E-state index is 0.281. The van der Waals surface area contributed by atoms with Gasteiger partial charge >= 0.3 is 5.97 Å². The van der Waals surface area contributed by atoms with E-state index in [2.05, 4.69) is 5.43 Å². The minimum Gasteiger partial charge on any atom is -0.477 e. The number of thioether (sulfide) groups is 1. The van der Waals surface area contributed by atoms with E-state index >= 15 is 0 Å². The zero-order valence-electron chi connectivity index (χ0n) is 7.88. The average Bonchev–Trinajstić information content (AvgIpc) is 2.67. The van der Waals surface area contributed by atoms with Gasteiger partial charge in [0.25, 0.3) is 0 Å². The fourth-order valence-electron chi connectivity index (χ4n) is 1.25. The Hall–Kier alpha value is -1.62. The van der Waals surface area contributed by atoms with Crippen molar-refractivity contribution in [1.82, 2.24) is 5.01 Å². The summed E-state index contributed by atoms with van der Waals surface area (Å²) in [4.78, 5) is 10.8. The number of hydrazine groups is 1. The summed E-state index contributed by atoms with van der Waals surface area (Å²) in [6.07, 6.45) is 0. The molecule has 2 rings (SSSR count). The predicted octanol–water partition coefficient (Wildman–Crippen LogP) is 1.95. The standard InChI is InChI=1S/C10H10N2O2S/c13-10(14)9-6-15-7-12(9)11-8-4-2-1-3-5-8/h1-6,11H,7H2,(H,13,14). The molecule has 0 aliphatic carbocycles. The number of hydrogen-bond acceptors (Lipinski definition) is 4. The molecule has 0 bridgehead atoms. The second-order valence-corrected chi connectivity index (χ2v) is 3.84. The van der Waals surface area contributed by atoms with Gasteiger partial charge in [-0.2, -0.15) is 0 Å². The smallest absolute Gasteiger partial charge is 0.354 e. The summed E-state index contributed by atoms with van der Waals surface area (Å²) in [5.41, 5.74) is 4.20. The Balaban J connectivity index is 2.08. The second kappa shape index (κ2) is 4.27. The highest BCUT2D eigenvalue weighted by molar-refractivity contribution is 8.02. The van der Waals surface area contributed by atoms with Crippen molar-refractivity contribution in [2.75, 3.05) is 11.3 Å². The molecule has 0 radical (unpaired) electrons. The summed E-state index contributed by atoms with van der Waals surface area (Å²) < 4.78 is 0. The molecule has 0 spiro atoms. The Bertz CT molecular complexity index is 392. The van der Waals surface area contributed by atoms with Crippen LogP contribution >= 0.6 is 11.8 Å². The lowest BCUT2D eigenvalue weighted by atomic mass is 10.3. The van der Waals surface area contributed by atoms with Crippen molar-refractivity contribution in [3.63, 3.8) is 0 Å². The van der Waals surface area contributed by atoms with Crippen molar-refractivity contribution in [1.29, 1.82) is 0 Å². The van der Waals surface area contributed by atoms with Gasteiger partial charge in [0.1, 0.15) is 5.70 Å². The zero-order valence-corrected chi connectivity index (χ0v) is 8.70. The number of para-hydroxylation sites is 1. The van der Waals surface area contributed by atoms with Crippen LogP contribution in [-0.2, 0) is 4.79 Å². The largest absolute Gasteiger partial charge is 0.477 e. The second-order valence-electron chi connectivity index (χ2n) is 3.01. The highest BCUT2D eigenvalue weighted by Gasteiger charge is 2.21. The van der Waals surface area contributed by atoms with Crippen LogP contribution in [0.15, 0.2) is 41.4 Å². The van der Waals surface area contributed by atoms with Crippen LogP contribution in [0.4, 0.5) is 5.69 Å². The van der Waals surface area contributed by atoms with E-state index in [0.717, 1.165) is 5.69 Å². The number of nitrogens with zero attached hydrogens (tertiary/aromatic N) is 1. The number of nitrogens with one attached hydrogen (secondary N) is 1. The molecule has 15 heavy (non-hydrogen) atoms. The number of carbonyl (C=O) groups is 1. The molecule has 1 aromatic rings. The third-order valence-corrected chi connectivity index (χ3v) is 2.74. The van der Waals surface area contributed by atoms with E-state index in [9.17, 15) is 4.79 Å². The molecular formula is C10H10N2O2S. The number of carboxylic acid groups (broad SMARTS) is 1. The highest BCUT2D eigenvalue weighted by Crippen LogP contribution is 2.23. The molecule has 1 aliphatic heterocycles. The number of carboxylic acids is 1. The average molecular weight is 222 g/mol. The third kappa shape index (κ3) is 2.24. The molecule has 2 N–H and O–H groups in total. The van der Waals surface area contributed by atoms with E-state index in [1.54, 1.807) is 10.4 Å². The van der Waals surface area contributed by atoms with Crippen LogP contribution < -0.4 is 5.43 Å². The van der Waals surface area contributed by atoms with E-state index in [0.29, 0.717) is 5.88 Å². The third-order valence-electron chi connectivity index (χ3n) is 1.95. The fraction of sp³-hybridized carbons (Fsp3) is 0.100. The quantitative estimate of drug-likeness (QED) is 0.818. The SMILES string of the molecule is O=C(O)C1=CSCN1Nc1ccccc1. The zero-order chi connectivity index (χ0) is 10.7. The van der Waals surface area contributed by atoms with E-state index < -0.39 is 5.97 Å². The Morgan fingerprint density at radius 2 is 2.13 bits per heavy atom. The fourth-order valence-corrected chi connectivity index (χ4v) is 2.06. The molecule has 0 saturated carbocycles. The first-order valence-electron chi connectivity index (χ1n) is 4.41. The van der Waals surface area contributed by atoms with Gasteiger partial charge in [-0.1, -0.05) is 18.2 Å². The van der Waals surface area contributed by atoms with Crippen LogP contribution in [0.5, 0.6) is 0 Å². The van der Waals surface area contributed by atoms with E-state index in [1.807, 2.05) is 30.3 Å². The summed E-state index contributed by atoms with van der Waals surface area (Å²) >= 11 is 1.46. The lowest BCUT2D eigenvalue weighted by molar-refractivity contribution is -0.134. The molecule has 1 heterocycles. The minimum atomic E-state index is -0.913. The molecule has 0 saturated heterocycles. The lowest BCUT2D eigenvalue weighted by Gasteiger charge is -2.20. The van der Waals surface area contributed by atoms with Crippen molar-refractivity contribution in [3.8, 4) is 0 Å². The summed E-state index contributed by atoms with van der Waals surface area (Å²) in [5.74, 6) is -0.306. The Kier molecular flexibility index (Phi) is 2.82. The normalized spacial score (nSPS) is 14.9. The molecule has 0 amide bonds. The van der Waals surface area contributed by atoms with E-state index in [1.165, 1.54) is 11.8 Å². The maximum atomic E-state index is 10.8. The molecule has 5 heteroatoms. The monoisotopic (exact) mass is 222 g/mol. The topological polar surface area (TPSA) is 52.6 Å². The summed E-state index contributed by atoms with van der Waals surface area (Å²) in [6, 6.07) is 9.49. The summed E-state index contributed by atoms with van der Waals surface area (Å²) in [7, 11) is 0. The number of rotatable bonds is 3. The first-order chi connectivity index (χ1) is 7.27. The molecule has 0 atom stereocenters. The molecule has 1 aromatic carbocycles. The molecule has 0 aromatic heterocycles. The Labute approximate surface area is 91.6 Å². The predicted molar refractivity (Wildman–Crippen MR) is 60.1 cm³/mol. The number of anilines is 1. The van der Waals surface area contributed by atoms with Crippen LogP contribution in [0.3, 0.4) is 0 Å². The molecule has 78 valence electrons. The molecule has 4 nitrogen and oxygen atoms in total. The maximum absolute atomic E-state index is 10.8. The van der Waals surface area contributed by atoms with E-state index in [-0.39, 0.29) is 5.70 Å². The molecule has 0 fully saturated rings.